The Morgan fingerprint density at radius 1 is 1.24 bits per heavy atom. The smallest absolute Gasteiger partial charge is 0.332 e. The zero-order valence-corrected chi connectivity index (χ0v) is 15.9. The summed E-state index contributed by atoms with van der Waals surface area (Å²) in [7, 11) is 3.16. The summed E-state index contributed by atoms with van der Waals surface area (Å²) in [5.41, 5.74) is -0.634. The highest BCUT2D eigenvalue weighted by molar-refractivity contribution is 5.76. The van der Waals surface area contributed by atoms with Crippen LogP contribution < -0.4 is 30.8 Å². The number of carbonyl (C=O) groups is 1. The van der Waals surface area contributed by atoms with Crippen molar-refractivity contribution in [3.05, 3.63) is 45.4 Å². The van der Waals surface area contributed by atoms with E-state index >= 15 is 0 Å². The minimum absolute atomic E-state index is 0.179. The van der Waals surface area contributed by atoms with E-state index in [1.807, 2.05) is 0 Å². The number of rotatable bonds is 6. The predicted molar refractivity (Wildman–Crippen MR) is 101 cm³/mol. The molecule has 1 aliphatic rings. The molecule has 1 N–H and O–H groups in total. The van der Waals surface area contributed by atoms with E-state index in [9.17, 15) is 14.4 Å². The van der Waals surface area contributed by atoms with Gasteiger partial charge < -0.3 is 24.1 Å². The molecule has 0 saturated carbocycles. The SMILES string of the molecule is Cn1cnc2c1c(=O)n(CC(=O)NCCOc1ccc3c(c1)OCO3)c(=O)n2C. The quantitative estimate of drug-likeness (QED) is 0.546. The number of benzene rings is 1. The number of aromatic nitrogens is 4. The number of aryl methyl sites for hydroxylation is 2. The lowest BCUT2D eigenvalue weighted by Gasteiger charge is -2.10. The third-order valence-corrected chi connectivity index (χ3v) is 4.54. The summed E-state index contributed by atoms with van der Waals surface area (Å²) < 4.78 is 19.7. The lowest BCUT2D eigenvalue weighted by atomic mass is 10.3. The van der Waals surface area contributed by atoms with Gasteiger partial charge in [-0.2, -0.15) is 0 Å². The van der Waals surface area contributed by atoms with Gasteiger partial charge in [0.2, 0.25) is 12.7 Å². The van der Waals surface area contributed by atoms with Crippen LogP contribution >= 0.6 is 0 Å². The molecule has 11 nitrogen and oxygen atoms in total. The zero-order chi connectivity index (χ0) is 20.5. The van der Waals surface area contributed by atoms with Gasteiger partial charge in [0, 0.05) is 20.2 Å². The largest absolute Gasteiger partial charge is 0.492 e. The first-order valence-corrected chi connectivity index (χ1v) is 8.85. The molecular formula is C18H19N5O6. The molecule has 0 atom stereocenters. The summed E-state index contributed by atoms with van der Waals surface area (Å²) in [5, 5.41) is 2.63. The highest BCUT2D eigenvalue weighted by Gasteiger charge is 2.17. The van der Waals surface area contributed by atoms with Crippen molar-refractivity contribution >= 4 is 17.1 Å². The predicted octanol–water partition coefficient (Wildman–Crippen LogP) is -0.642. The number of hydrogen-bond acceptors (Lipinski definition) is 7. The summed E-state index contributed by atoms with van der Waals surface area (Å²) in [4.78, 5) is 41.3. The Kier molecular flexibility index (Phi) is 4.71. The van der Waals surface area contributed by atoms with E-state index in [-0.39, 0.29) is 31.1 Å². The molecule has 1 amide bonds. The molecule has 0 radical (unpaired) electrons. The van der Waals surface area contributed by atoms with E-state index in [1.165, 1.54) is 22.5 Å². The van der Waals surface area contributed by atoms with Crippen LogP contribution in [0.5, 0.6) is 17.2 Å². The molecule has 1 aromatic carbocycles. The van der Waals surface area contributed by atoms with E-state index in [2.05, 4.69) is 10.3 Å². The molecule has 11 heteroatoms. The third-order valence-electron chi connectivity index (χ3n) is 4.54. The molecule has 29 heavy (non-hydrogen) atoms. The van der Waals surface area contributed by atoms with Gasteiger partial charge in [0.15, 0.2) is 22.7 Å². The third kappa shape index (κ3) is 3.42. The monoisotopic (exact) mass is 401 g/mol. The average molecular weight is 401 g/mol. The second-order valence-electron chi connectivity index (χ2n) is 6.47. The van der Waals surface area contributed by atoms with E-state index < -0.39 is 23.7 Å². The molecule has 0 unspecified atom stereocenters. The Labute approximate surface area is 164 Å². The molecule has 0 bridgehead atoms. The summed E-state index contributed by atoms with van der Waals surface area (Å²) in [6.07, 6.45) is 1.45. The lowest BCUT2D eigenvalue weighted by molar-refractivity contribution is -0.121. The molecule has 152 valence electrons. The maximum absolute atomic E-state index is 12.6. The van der Waals surface area contributed by atoms with Crippen molar-refractivity contribution in [3.8, 4) is 17.2 Å². The van der Waals surface area contributed by atoms with Gasteiger partial charge in [-0.05, 0) is 12.1 Å². The first-order valence-electron chi connectivity index (χ1n) is 8.85. The maximum atomic E-state index is 12.6. The van der Waals surface area contributed by atoms with Crippen LogP contribution in [0.1, 0.15) is 0 Å². The van der Waals surface area contributed by atoms with Crippen molar-refractivity contribution < 1.29 is 19.0 Å². The lowest BCUT2D eigenvalue weighted by Crippen LogP contribution is -2.44. The highest BCUT2D eigenvalue weighted by Crippen LogP contribution is 2.34. The highest BCUT2D eigenvalue weighted by atomic mass is 16.7. The molecule has 0 saturated heterocycles. The van der Waals surface area contributed by atoms with Crippen LogP contribution in [0.4, 0.5) is 0 Å². The van der Waals surface area contributed by atoms with Crippen LogP contribution in [0.3, 0.4) is 0 Å². The Morgan fingerprint density at radius 2 is 2.03 bits per heavy atom. The zero-order valence-electron chi connectivity index (χ0n) is 15.9. The first-order chi connectivity index (χ1) is 14.0. The Balaban J connectivity index is 1.37. The van der Waals surface area contributed by atoms with Gasteiger partial charge in [0.05, 0.1) is 12.9 Å². The number of hydrogen-bond donors (Lipinski definition) is 1. The fourth-order valence-electron chi connectivity index (χ4n) is 3.06. The van der Waals surface area contributed by atoms with Gasteiger partial charge in [-0.3, -0.25) is 14.2 Å². The standard InChI is InChI=1S/C18H19N5O6/c1-21-9-20-16-15(21)17(25)23(18(26)22(16)2)8-14(24)19-5-6-27-11-3-4-12-13(7-11)29-10-28-12/h3-4,7,9H,5-6,8,10H2,1-2H3,(H,19,24). The van der Waals surface area contributed by atoms with Crippen LogP contribution in [-0.2, 0) is 25.4 Å². The van der Waals surface area contributed by atoms with Crippen LogP contribution in [0.25, 0.3) is 11.2 Å². The molecule has 1 aliphatic heterocycles. The topological polar surface area (TPSA) is 119 Å². The Bertz CT molecular complexity index is 1210. The van der Waals surface area contributed by atoms with Crippen LogP contribution in [0.2, 0.25) is 0 Å². The molecule has 3 heterocycles. The van der Waals surface area contributed by atoms with Crippen LogP contribution in [0, 0.1) is 0 Å². The molecule has 2 aromatic heterocycles. The van der Waals surface area contributed by atoms with Crippen molar-refractivity contribution in [1.29, 1.82) is 0 Å². The Hall–Kier alpha value is -3.76. The summed E-state index contributed by atoms with van der Waals surface area (Å²) in [6, 6.07) is 5.19. The summed E-state index contributed by atoms with van der Waals surface area (Å²) >= 11 is 0. The number of nitrogens with one attached hydrogen (secondary N) is 1. The number of nitrogens with zero attached hydrogens (tertiary/aromatic N) is 4. The van der Waals surface area contributed by atoms with Crippen molar-refractivity contribution in [2.24, 2.45) is 14.1 Å². The second kappa shape index (κ2) is 7.34. The fourth-order valence-corrected chi connectivity index (χ4v) is 3.06. The van der Waals surface area contributed by atoms with Crippen LogP contribution in [-0.4, -0.2) is 44.5 Å². The molecule has 0 fully saturated rings. The Morgan fingerprint density at radius 3 is 2.86 bits per heavy atom. The number of fused-ring (bicyclic) bond motifs is 2. The summed E-state index contributed by atoms with van der Waals surface area (Å²) in [6.45, 7) is 0.199. The van der Waals surface area contributed by atoms with Gasteiger partial charge >= 0.3 is 5.69 Å². The van der Waals surface area contributed by atoms with E-state index in [0.717, 1.165) is 4.57 Å². The number of imidazole rings is 1. The molecular weight excluding hydrogens is 382 g/mol. The van der Waals surface area contributed by atoms with Gasteiger partial charge in [-0.25, -0.2) is 14.3 Å². The maximum Gasteiger partial charge on any atom is 0.332 e. The van der Waals surface area contributed by atoms with Crippen molar-refractivity contribution in [1.82, 2.24) is 24.0 Å². The molecule has 3 aromatic rings. The minimum Gasteiger partial charge on any atom is -0.492 e. The van der Waals surface area contributed by atoms with Crippen LogP contribution in [0.15, 0.2) is 34.1 Å². The van der Waals surface area contributed by atoms with Gasteiger partial charge in [0.25, 0.3) is 5.56 Å². The average Bonchev–Trinajstić information content (AvgIpc) is 3.33. The fraction of sp³-hybridized carbons (Fsp3) is 0.333. The minimum atomic E-state index is -0.604. The van der Waals surface area contributed by atoms with Gasteiger partial charge in [0.1, 0.15) is 18.9 Å². The van der Waals surface area contributed by atoms with Crippen molar-refractivity contribution in [3.63, 3.8) is 0 Å². The first kappa shape index (κ1) is 18.6. The number of amides is 1. The van der Waals surface area contributed by atoms with Gasteiger partial charge in [-0.15, -0.1) is 0 Å². The normalized spacial score (nSPS) is 12.3. The molecule has 0 aliphatic carbocycles. The van der Waals surface area contributed by atoms with E-state index in [4.69, 9.17) is 14.2 Å². The van der Waals surface area contributed by atoms with Gasteiger partial charge in [-0.1, -0.05) is 0 Å². The summed E-state index contributed by atoms with van der Waals surface area (Å²) in [5.74, 6) is 1.37. The number of ether oxygens (including phenoxy) is 3. The van der Waals surface area contributed by atoms with E-state index in [0.29, 0.717) is 17.2 Å². The molecule has 4 rings (SSSR count). The van der Waals surface area contributed by atoms with Crippen molar-refractivity contribution in [2.75, 3.05) is 19.9 Å². The van der Waals surface area contributed by atoms with Crippen molar-refractivity contribution in [2.45, 2.75) is 6.54 Å². The van der Waals surface area contributed by atoms with E-state index in [1.54, 1.807) is 25.2 Å². The second-order valence-corrected chi connectivity index (χ2v) is 6.47. The number of carbonyl (C=O) groups excluding carboxylic acids is 1. The molecule has 0 spiro atoms.